The predicted molar refractivity (Wildman–Crippen MR) is 79.2 cm³/mol. The van der Waals surface area contributed by atoms with Crippen molar-refractivity contribution in [1.29, 1.82) is 0 Å². The molecule has 1 aliphatic rings. The van der Waals surface area contributed by atoms with Gasteiger partial charge in [0.1, 0.15) is 6.54 Å². The molecule has 0 spiro atoms. The van der Waals surface area contributed by atoms with Crippen molar-refractivity contribution < 1.29 is 14.7 Å². The third-order valence-corrected chi connectivity index (χ3v) is 3.90. The van der Waals surface area contributed by atoms with Crippen LogP contribution in [0.5, 0.6) is 0 Å². The Morgan fingerprint density at radius 1 is 1.35 bits per heavy atom. The smallest absolute Gasteiger partial charge is 0.323 e. The molecule has 1 fully saturated rings. The fourth-order valence-electron chi connectivity index (χ4n) is 2.14. The Morgan fingerprint density at radius 3 is 2.70 bits per heavy atom. The first-order valence-electron chi connectivity index (χ1n) is 6.78. The molecule has 108 valence electrons. The summed E-state index contributed by atoms with van der Waals surface area (Å²) in [5, 5.41) is 8.95. The number of carboxylic acids is 1. The molecule has 0 radical (unpaired) electrons. The molecule has 0 bridgehead atoms. The van der Waals surface area contributed by atoms with Crippen molar-refractivity contribution in [3.63, 3.8) is 0 Å². The minimum atomic E-state index is -0.972. The summed E-state index contributed by atoms with van der Waals surface area (Å²) in [7, 11) is 0. The first-order valence-corrected chi connectivity index (χ1v) is 7.58. The van der Waals surface area contributed by atoms with Crippen LogP contribution in [-0.4, -0.2) is 28.4 Å². The van der Waals surface area contributed by atoms with E-state index in [9.17, 15) is 9.59 Å². The molecule has 4 nitrogen and oxygen atoms in total. The van der Waals surface area contributed by atoms with Gasteiger partial charge in [0.25, 0.3) is 0 Å². The van der Waals surface area contributed by atoms with Crippen molar-refractivity contribution in [3.05, 3.63) is 34.3 Å². The van der Waals surface area contributed by atoms with Crippen molar-refractivity contribution in [2.24, 2.45) is 5.92 Å². The Hall–Kier alpha value is -1.36. The van der Waals surface area contributed by atoms with Crippen LogP contribution in [0.15, 0.2) is 28.7 Å². The number of benzene rings is 1. The van der Waals surface area contributed by atoms with E-state index in [1.165, 1.54) is 17.7 Å². The van der Waals surface area contributed by atoms with E-state index in [0.29, 0.717) is 18.9 Å². The van der Waals surface area contributed by atoms with Crippen molar-refractivity contribution >= 4 is 27.8 Å². The third kappa shape index (κ3) is 4.96. The van der Waals surface area contributed by atoms with Crippen LogP contribution in [-0.2, 0) is 16.1 Å². The number of carbonyl (C=O) groups excluding carboxylic acids is 1. The third-order valence-electron chi connectivity index (χ3n) is 3.40. The zero-order chi connectivity index (χ0) is 14.5. The lowest BCUT2D eigenvalue weighted by Crippen LogP contribution is -2.35. The maximum absolute atomic E-state index is 12.2. The molecule has 1 N–H and O–H groups in total. The molecular formula is C15H18BrNO3. The maximum atomic E-state index is 12.2. The van der Waals surface area contributed by atoms with Crippen molar-refractivity contribution in [2.75, 3.05) is 6.54 Å². The Kier molecular flexibility index (Phi) is 5.17. The molecule has 0 saturated heterocycles. The van der Waals surface area contributed by atoms with Crippen LogP contribution in [0, 0.1) is 5.92 Å². The van der Waals surface area contributed by atoms with Crippen molar-refractivity contribution in [2.45, 2.75) is 32.2 Å². The van der Waals surface area contributed by atoms with Gasteiger partial charge in [-0.25, -0.2) is 0 Å². The van der Waals surface area contributed by atoms with Gasteiger partial charge in [-0.1, -0.05) is 40.9 Å². The molecule has 0 aromatic heterocycles. The molecule has 1 aromatic rings. The summed E-state index contributed by atoms with van der Waals surface area (Å²) < 4.78 is 0.927. The SMILES string of the molecule is O=C(O)CN(Cc1cccc(Br)c1)C(=O)CCC1CC1. The summed E-state index contributed by atoms with van der Waals surface area (Å²) in [6.45, 7) is 0.102. The lowest BCUT2D eigenvalue weighted by atomic mass is 10.1. The topological polar surface area (TPSA) is 57.6 Å². The summed E-state index contributed by atoms with van der Waals surface area (Å²) in [6.07, 6.45) is 3.75. The highest BCUT2D eigenvalue weighted by atomic mass is 79.9. The highest BCUT2D eigenvalue weighted by molar-refractivity contribution is 9.10. The zero-order valence-corrected chi connectivity index (χ0v) is 12.8. The van der Waals surface area contributed by atoms with Gasteiger partial charge in [-0.15, -0.1) is 0 Å². The standard InChI is InChI=1S/C15H18BrNO3/c16-13-3-1-2-12(8-13)9-17(10-15(19)20)14(18)7-6-11-4-5-11/h1-3,8,11H,4-7,9-10H2,(H,19,20). The summed E-state index contributed by atoms with van der Waals surface area (Å²) in [4.78, 5) is 24.5. The summed E-state index contributed by atoms with van der Waals surface area (Å²) in [5.74, 6) is -0.365. The number of halogens is 1. The van der Waals surface area contributed by atoms with Gasteiger partial charge in [-0.2, -0.15) is 0 Å². The summed E-state index contributed by atoms with van der Waals surface area (Å²) in [5.41, 5.74) is 0.931. The summed E-state index contributed by atoms with van der Waals surface area (Å²) in [6, 6.07) is 7.59. The Labute approximate surface area is 126 Å². The van der Waals surface area contributed by atoms with Crippen molar-refractivity contribution in [3.8, 4) is 0 Å². The lowest BCUT2D eigenvalue weighted by Gasteiger charge is -2.21. The monoisotopic (exact) mass is 339 g/mol. The van der Waals surface area contributed by atoms with E-state index in [4.69, 9.17) is 5.11 Å². The van der Waals surface area contributed by atoms with Crippen LogP contribution < -0.4 is 0 Å². The van der Waals surface area contributed by atoms with Gasteiger partial charge in [0.2, 0.25) is 5.91 Å². The van der Waals surface area contributed by atoms with Crippen LogP contribution in [0.1, 0.15) is 31.2 Å². The van der Waals surface area contributed by atoms with Crippen LogP contribution in [0.2, 0.25) is 0 Å². The molecular weight excluding hydrogens is 322 g/mol. The first kappa shape index (κ1) is 15.0. The minimum absolute atomic E-state index is 0.0701. The largest absolute Gasteiger partial charge is 0.480 e. The Bertz CT molecular complexity index is 500. The van der Waals surface area contributed by atoms with Gasteiger partial charge >= 0.3 is 5.97 Å². The number of aliphatic carboxylic acids is 1. The van der Waals surface area contributed by atoms with Gasteiger partial charge in [0.15, 0.2) is 0 Å². The molecule has 1 saturated carbocycles. The normalized spacial score (nSPS) is 14.1. The van der Waals surface area contributed by atoms with Gasteiger partial charge in [-0.05, 0) is 30.0 Å². The quantitative estimate of drug-likeness (QED) is 0.830. The highest BCUT2D eigenvalue weighted by Gasteiger charge is 2.24. The molecule has 20 heavy (non-hydrogen) atoms. The van der Waals surface area contributed by atoms with E-state index in [1.54, 1.807) is 0 Å². The number of carboxylic acid groups (broad SMARTS) is 1. The van der Waals surface area contributed by atoms with E-state index in [1.807, 2.05) is 24.3 Å². The number of nitrogens with zero attached hydrogens (tertiary/aromatic N) is 1. The second-order valence-electron chi connectivity index (χ2n) is 5.26. The Balaban J connectivity index is 1.97. The molecule has 1 aliphatic carbocycles. The van der Waals surface area contributed by atoms with Crippen molar-refractivity contribution in [1.82, 2.24) is 4.90 Å². The van der Waals surface area contributed by atoms with Crippen LogP contribution in [0.3, 0.4) is 0 Å². The molecule has 5 heteroatoms. The predicted octanol–water partition coefficient (Wildman–Crippen LogP) is 3.05. The number of amides is 1. The molecule has 0 aliphatic heterocycles. The fraction of sp³-hybridized carbons (Fsp3) is 0.467. The first-order chi connectivity index (χ1) is 9.54. The van der Waals surface area contributed by atoms with Gasteiger partial charge in [-0.3, -0.25) is 9.59 Å². The minimum Gasteiger partial charge on any atom is -0.480 e. The highest BCUT2D eigenvalue weighted by Crippen LogP contribution is 2.33. The summed E-state index contributed by atoms with van der Waals surface area (Å²) >= 11 is 3.38. The van der Waals surface area contributed by atoms with Crippen LogP contribution >= 0.6 is 15.9 Å². The number of hydrogen-bond acceptors (Lipinski definition) is 2. The van der Waals surface area contributed by atoms with E-state index in [-0.39, 0.29) is 12.5 Å². The molecule has 1 aromatic carbocycles. The zero-order valence-electron chi connectivity index (χ0n) is 11.2. The van der Waals surface area contributed by atoms with E-state index >= 15 is 0 Å². The van der Waals surface area contributed by atoms with E-state index < -0.39 is 5.97 Å². The van der Waals surface area contributed by atoms with Crippen LogP contribution in [0.4, 0.5) is 0 Å². The molecule has 2 rings (SSSR count). The molecule has 0 unspecified atom stereocenters. The van der Waals surface area contributed by atoms with E-state index in [2.05, 4.69) is 15.9 Å². The van der Waals surface area contributed by atoms with Gasteiger partial charge in [0, 0.05) is 17.4 Å². The average molecular weight is 340 g/mol. The number of hydrogen-bond donors (Lipinski definition) is 1. The number of rotatable bonds is 7. The van der Waals surface area contributed by atoms with Gasteiger partial charge < -0.3 is 10.0 Å². The molecule has 0 heterocycles. The molecule has 0 atom stereocenters. The molecule has 1 amide bonds. The second kappa shape index (κ2) is 6.88. The van der Waals surface area contributed by atoms with Crippen LogP contribution in [0.25, 0.3) is 0 Å². The van der Waals surface area contributed by atoms with E-state index in [0.717, 1.165) is 16.5 Å². The Morgan fingerprint density at radius 2 is 2.10 bits per heavy atom. The lowest BCUT2D eigenvalue weighted by molar-refractivity contribution is -0.145. The fourth-order valence-corrected chi connectivity index (χ4v) is 2.59. The average Bonchev–Trinajstić information content (AvgIpc) is 3.18. The van der Waals surface area contributed by atoms with Gasteiger partial charge in [0.05, 0.1) is 0 Å². The number of carbonyl (C=O) groups is 2. The second-order valence-corrected chi connectivity index (χ2v) is 6.17. The maximum Gasteiger partial charge on any atom is 0.323 e.